The van der Waals surface area contributed by atoms with Crippen LogP contribution < -0.4 is 10.0 Å². The maximum atomic E-state index is 5.59. The Morgan fingerprint density at radius 2 is 1.42 bits per heavy atom. The zero-order valence-corrected chi connectivity index (χ0v) is 16.6. The number of methoxy groups -OCH3 is 1. The lowest BCUT2D eigenvalue weighted by molar-refractivity contribution is 0.418. The lowest BCUT2D eigenvalue weighted by Gasteiger charge is -2.43. The first-order valence-electron chi connectivity index (χ1n) is 6.95. The first-order valence-corrected chi connectivity index (χ1v) is 16.0. The second-order valence-electron chi connectivity index (χ2n) is 7.42. The number of hydrogen-bond donors (Lipinski definition) is 0. The fourth-order valence-corrected chi connectivity index (χ4v) is 25.2. The number of ether oxygens (including phenoxy) is 1. The van der Waals surface area contributed by atoms with Crippen molar-refractivity contribution in [1.82, 2.24) is 0 Å². The minimum atomic E-state index is -1.17. The van der Waals surface area contributed by atoms with Gasteiger partial charge < -0.3 is 4.74 Å². The third-order valence-corrected chi connectivity index (χ3v) is 20.8. The quantitative estimate of drug-likeness (QED) is 0.572. The molecule has 108 valence electrons. The second kappa shape index (κ2) is 6.11. The Morgan fingerprint density at radius 1 is 0.947 bits per heavy atom. The van der Waals surface area contributed by atoms with Crippen LogP contribution in [-0.2, 0) is 0 Å². The van der Waals surface area contributed by atoms with Crippen LogP contribution in [-0.4, -0.2) is 34.8 Å². The van der Waals surface area contributed by atoms with E-state index in [1.165, 1.54) is 5.30 Å². The first-order chi connectivity index (χ1) is 8.59. The summed E-state index contributed by atoms with van der Waals surface area (Å²) < 4.78 is 5.59. The van der Waals surface area contributed by atoms with Crippen LogP contribution in [0.4, 0.5) is 0 Å². The van der Waals surface area contributed by atoms with Crippen molar-refractivity contribution < 1.29 is 4.74 Å². The Morgan fingerprint density at radius 3 is 1.84 bits per heavy atom. The van der Waals surface area contributed by atoms with Crippen molar-refractivity contribution in [2.75, 3.05) is 13.8 Å². The molecule has 1 atom stereocenters. The summed E-state index contributed by atoms with van der Waals surface area (Å²) >= 11 is 0. The van der Waals surface area contributed by atoms with Gasteiger partial charge in [-0.1, -0.05) is 65.4 Å². The average molecular weight is 313 g/mol. The van der Waals surface area contributed by atoms with Crippen LogP contribution in [0.25, 0.3) is 0 Å². The van der Waals surface area contributed by atoms with Crippen molar-refractivity contribution in [2.45, 2.75) is 44.2 Å². The molecule has 0 N–H and O–H groups in total. The van der Waals surface area contributed by atoms with Gasteiger partial charge in [-0.3, -0.25) is 0 Å². The maximum absolute atomic E-state index is 5.59. The van der Waals surface area contributed by atoms with Gasteiger partial charge in [0.2, 0.25) is 0 Å². The van der Waals surface area contributed by atoms with E-state index in [-0.39, 0.29) is 7.92 Å². The van der Waals surface area contributed by atoms with Gasteiger partial charge >= 0.3 is 0 Å². The van der Waals surface area contributed by atoms with Crippen LogP contribution in [0.1, 0.15) is 0 Å². The molecular formula is C15H29OPSi2. The van der Waals surface area contributed by atoms with Crippen molar-refractivity contribution in [1.29, 1.82) is 0 Å². The van der Waals surface area contributed by atoms with Gasteiger partial charge in [-0.2, -0.15) is 0 Å². The normalized spacial score (nSPS) is 14.6. The fraction of sp³-hybridized carbons (Fsp3) is 0.600. The van der Waals surface area contributed by atoms with Crippen LogP contribution in [0.2, 0.25) is 39.3 Å². The summed E-state index contributed by atoms with van der Waals surface area (Å²) in [5.41, 5.74) is 0. The summed E-state index contributed by atoms with van der Waals surface area (Å²) in [6.45, 7) is 17.7. The van der Waals surface area contributed by atoms with Crippen LogP contribution in [0.5, 0.6) is 5.75 Å². The molecule has 19 heavy (non-hydrogen) atoms. The van der Waals surface area contributed by atoms with E-state index in [0.717, 1.165) is 10.7 Å². The molecule has 0 heterocycles. The highest BCUT2D eigenvalue weighted by Crippen LogP contribution is 2.47. The van der Waals surface area contributed by atoms with Gasteiger partial charge in [0.15, 0.2) is 0 Å². The van der Waals surface area contributed by atoms with Gasteiger partial charge in [0, 0.05) is 21.5 Å². The van der Waals surface area contributed by atoms with Gasteiger partial charge in [0.1, 0.15) is 5.75 Å². The predicted octanol–water partition coefficient (Wildman–Crippen LogP) is 4.56. The molecule has 0 aliphatic rings. The minimum Gasteiger partial charge on any atom is -0.496 e. The maximum Gasteiger partial charge on any atom is 0.126 e. The highest BCUT2D eigenvalue weighted by Gasteiger charge is 2.41. The number of rotatable bonds is 5. The van der Waals surface area contributed by atoms with Gasteiger partial charge in [-0.15, -0.1) is 0 Å². The predicted molar refractivity (Wildman–Crippen MR) is 96.0 cm³/mol. The third-order valence-electron chi connectivity index (χ3n) is 3.49. The fourth-order valence-electron chi connectivity index (χ4n) is 3.52. The molecule has 0 aromatic heterocycles. The molecule has 0 saturated carbocycles. The van der Waals surface area contributed by atoms with E-state index < -0.39 is 16.1 Å². The Kier molecular flexibility index (Phi) is 5.45. The molecule has 0 aliphatic carbocycles. The molecule has 0 bridgehead atoms. The van der Waals surface area contributed by atoms with Gasteiger partial charge in [-0.25, -0.2) is 0 Å². The molecule has 0 fully saturated rings. The van der Waals surface area contributed by atoms with Crippen molar-refractivity contribution in [2.24, 2.45) is 0 Å². The summed E-state index contributed by atoms with van der Waals surface area (Å²) in [7, 11) is -0.689. The molecule has 4 heteroatoms. The van der Waals surface area contributed by atoms with E-state index >= 15 is 0 Å². The van der Waals surface area contributed by atoms with E-state index in [2.05, 4.69) is 70.2 Å². The molecule has 1 rings (SSSR count). The second-order valence-corrected chi connectivity index (χ2v) is 21.8. The Bertz CT molecular complexity index is 407. The Balaban J connectivity index is 3.24. The topological polar surface area (TPSA) is 9.23 Å². The van der Waals surface area contributed by atoms with Crippen LogP contribution >= 0.6 is 7.92 Å². The lowest BCUT2D eigenvalue weighted by atomic mass is 10.3. The highest BCUT2D eigenvalue weighted by atomic mass is 31.1. The van der Waals surface area contributed by atoms with E-state index in [1.54, 1.807) is 7.11 Å². The molecule has 1 nitrogen and oxygen atoms in total. The van der Waals surface area contributed by atoms with E-state index in [4.69, 9.17) is 4.74 Å². The van der Waals surface area contributed by atoms with Gasteiger partial charge in [-0.05, 0) is 17.6 Å². The molecule has 0 saturated heterocycles. The lowest BCUT2D eigenvalue weighted by Crippen LogP contribution is -2.53. The monoisotopic (exact) mass is 312 g/mol. The molecule has 0 radical (unpaired) electrons. The minimum absolute atomic E-state index is 0.143. The molecule has 0 spiro atoms. The molecule has 0 amide bonds. The smallest absolute Gasteiger partial charge is 0.126 e. The molecule has 1 aromatic carbocycles. The molecule has 1 unspecified atom stereocenters. The van der Waals surface area contributed by atoms with Crippen molar-refractivity contribution >= 4 is 29.4 Å². The first kappa shape index (κ1) is 16.9. The summed E-state index contributed by atoms with van der Waals surface area (Å²) in [5, 5.41) is 1.45. The zero-order valence-electron chi connectivity index (χ0n) is 13.7. The van der Waals surface area contributed by atoms with E-state index in [1.807, 2.05) is 0 Å². The average Bonchev–Trinajstić information content (AvgIpc) is 2.24. The van der Waals surface area contributed by atoms with Crippen molar-refractivity contribution in [3.8, 4) is 5.75 Å². The molecule has 0 aliphatic heterocycles. The highest BCUT2D eigenvalue weighted by molar-refractivity contribution is 7.71. The van der Waals surface area contributed by atoms with Gasteiger partial charge in [0.05, 0.1) is 7.11 Å². The summed E-state index contributed by atoms with van der Waals surface area (Å²) in [6, 6.07) is 8.61. The van der Waals surface area contributed by atoms with Crippen molar-refractivity contribution in [3.05, 3.63) is 24.3 Å². The van der Waals surface area contributed by atoms with Crippen LogP contribution in [0.3, 0.4) is 0 Å². The largest absolute Gasteiger partial charge is 0.496 e. The summed E-state index contributed by atoms with van der Waals surface area (Å²) in [5.74, 6) is 1.08. The van der Waals surface area contributed by atoms with Crippen molar-refractivity contribution in [3.63, 3.8) is 0 Å². The summed E-state index contributed by atoms with van der Waals surface area (Å²) in [4.78, 5) is 0.922. The zero-order chi connectivity index (χ0) is 14.8. The van der Waals surface area contributed by atoms with Crippen LogP contribution in [0, 0.1) is 0 Å². The van der Waals surface area contributed by atoms with Crippen LogP contribution in [0.15, 0.2) is 24.3 Å². The molecular weight excluding hydrogens is 283 g/mol. The van der Waals surface area contributed by atoms with Gasteiger partial charge in [0.25, 0.3) is 0 Å². The molecule has 1 aromatic rings. The number of para-hydroxylation sites is 1. The SMILES string of the molecule is COc1ccccc1P(C)C([Si](C)(C)C)[Si](C)(C)C. The third kappa shape index (κ3) is 4.17. The number of hydrogen-bond acceptors (Lipinski definition) is 1. The summed E-state index contributed by atoms with van der Waals surface area (Å²) in [6.07, 6.45) is 0. The standard InChI is InChI=1S/C15H29OPSi2/c1-16-13-11-9-10-12-14(13)17(2)15(18(3,4)5)19(6,7)8/h9-12,15H,1-8H3. The Labute approximate surface area is 122 Å². The van der Waals surface area contributed by atoms with E-state index in [0.29, 0.717) is 0 Å². The Hall–Kier alpha value is -0.116. The number of benzene rings is 1. The van der Waals surface area contributed by atoms with E-state index in [9.17, 15) is 0 Å².